The van der Waals surface area contributed by atoms with Crippen LogP contribution >= 0.6 is 0 Å². The van der Waals surface area contributed by atoms with E-state index in [2.05, 4.69) is 30.7 Å². The summed E-state index contributed by atoms with van der Waals surface area (Å²) in [4.78, 5) is 36.9. The van der Waals surface area contributed by atoms with E-state index in [-0.39, 0.29) is 30.4 Å². The van der Waals surface area contributed by atoms with Gasteiger partial charge in [0.2, 0.25) is 5.91 Å². The topological polar surface area (TPSA) is 113 Å². The predicted molar refractivity (Wildman–Crippen MR) is 119 cm³/mol. The first kappa shape index (κ1) is 22.4. The minimum Gasteiger partial charge on any atom is -0.360 e. The first-order valence-electron chi connectivity index (χ1n) is 11.6. The van der Waals surface area contributed by atoms with Gasteiger partial charge in [-0.3, -0.25) is 14.5 Å². The van der Waals surface area contributed by atoms with E-state index in [1.54, 1.807) is 19.2 Å². The van der Waals surface area contributed by atoms with Gasteiger partial charge in [-0.1, -0.05) is 30.8 Å². The maximum Gasteiger partial charge on any atom is 0.254 e. The summed E-state index contributed by atoms with van der Waals surface area (Å²) in [6.07, 6.45) is 10.1. The summed E-state index contributed by atoms with van der Waals surface area (Å²) in [6, 6.07) is 1.79. The van der Waals surface area contributed by atoms with Crippen molar-refractivity contribution >= 4 is 17.6 Å². The van der Waals surface area contributed by atoms with Gasteiger partial charge in [0.15, 0.2) is 5.82 Å². The third-order valence-electron chi connectivity index (χ3n) is 6.30. The van der Waals surface area contributed by atoms with E-state index >= 15 is 0 Å². The molecule has 1 saturated heterocycles. The van der Waals surface area contributed by atoms with Crippen LogP contribution < -0.4 is 10.6 Å². The third-order valence-corrected chi connectivity index (χ3v) is 6.30. The molecule has 2 aromatic rings. The van der Waals surface area contributed by atoms with E-state index in [0.717, 1.165) is 57.2 Å². The molecule has 1 saturated carbocycles. The Hall–Kier alpha value is -2.81. The van der Waals surface area contributed by atoms with Crippen LogP contribution in [0.4, 0.5) is 5.82 Å². The Morgan fingerprint density at radius 3 is 2.66 bits per heavy atom. The SMILES string of the molecule is Cc1ncc(C(=O)NC2CCCCC2)c([C@H]2CCCCN2CC(=O)Nc2cc(C)on2)n1. The molecule has 2 N–H and O–H groups in total. The monoisotopic (exact) mass is 440 g/mol. The lowest BCUT2D eigenvalue weighted by Crippen LogP contribution is -2.41. The fraction of sp³-hybridized carbons (Fsp3) is 0.609. The van der Waals surface area contributed by atoms with Crippen LogP contribution in [0.2, 0.25) is 0 Å². The molecule has 0 radical (unpaired) electrons. The summed E-state index contributed by atoms with van der Waals surface area (Å²) in [6.45, 7) is 4.58. The number of amides is 2. The fourth-order valence-corrected chi connectivity index (χ4v) is 4.71. The van der Waals surface area contributed by atoms with Gasteiger partial charge in [0.1, 0.15) is 11.6 Å². The molecule has 0 bridgehead atoms. The van der Waals surface area contributed by atoms with Crippen molar-refractivity contribution in [2.45, 2.75) is 77.3 Å². The van der Waals surface area contributed by atoms with E-state index < -0.39 is 0 Å². The summed E-state index contributed by atoms with van der Waals surface area (Å²) in [5.74, 6) is 1.40. The molecular weight excluding hydrogens is 408 g/mol. The van der Waals surface area contributed by atoms with Crippen LogP contribution in [0, 0.1) is 13.8 Å². The molecule has 172 valence electrons. The number of piperidine rings is 1. The number of aromatic nitrogens is 3. The van der Waals surface area contributed by atoms with Crippen LogP contribution in [0.5, 0.6) is 0 Å². The van der Waals surface area contributed by atoms with Crippen molar-refractivity contribution in [3.63, 3.8) is 0 Å². The molecule has 2 fully saturated rings. The van der Waals surface area contributed by atoms with Crippen molar-refractivity contribution in [3.8, 4) is 0 Å². The Balaban J connectivity index is 1.51. The smallest absolute Gasteiger partial charge is 0.254 e. The van der Waals surface area contributed by atoms with Crippen LogP contribution in [0.15, 0.2) is 16.8 Å². The number of aryl methyl sites for hydroxylation is 2. The normalized spacial score (nSPS) is 20.1. The zero-order chi connectivity index (χ0) is 22.5. The first-order valence-corrected chi connectivity index (χ1v) is 11.6. The molecule has 2 amide bonds. The summed E-state index contributed by atoms with van der Waals surface area (Å²) < 4.78 is 5.02. The number of hydrogen-bond acceptors (Lipinski definition) is 7. The highest BCUT2D eigenvalue weighted by molar-refractivity contribution is 5.95. The molecule has 3 heterocycles. The van der Waals surface area contributed by atoms with Crippen LogP contribution in [0.1, 0.15) is 85.0 Å². The molecule has 2 aliphatic rings. The zero-order valence-electron chi connectivity index (χ0n) is 18.9. The number of likely N-dealkylation sites (tertiary alicyclic amines) is 1. The molecule has 0 spiro atoms. The number of carbonyl (C=O) groups excluding carboxylic acids is 2. The molecule has 32 heavy (non-hydrogen) atoms. The summed E-state index contributed by atoms with van der Waals surface area (Å²) in [5, 5.41) is 9.81. The standard InChI is InChI=1S/C23H32N6O3/c1-15-12-20(28-32-15)27-21(30)14-29-11-7-6-10-19(29)22-18(13-24-16(2)25-22)23(31)26-17-8-4-3-5-9-17/h12-13,17,19H,3-11,14H2,1-2H3,(H,26,31)(H,27,28,30)/t19-/m1/s1. The van der Waals surface area contributed by atoms with E-state index in [0.29, 0.717) is 23.0 Å². The lowest BCUT2D eigenvalue weighted by Gasteiger charge is -2.35. The minimum atomic E-state index is -0.163. The Bertz CT molecular complexity index is 953. The van der Waals surface area contributed by atoms with Gasteiger partial charge in [-0.15, -0.1) is 0 Å². The Morgan fingerprint density at radius 2 is 1.91 bits per heavy atom. The second-order valence-electron chi connectivity index (χ2n) is 8.88. The van der Waals surface area contributed by atoms with Gasteiger partial charge in [0, 0.05) is 18.3 Å². The number of rotatable bonds is 6. The molecule has 1 aliphatic heterocycles. The summed E-state index contributed by atoms with van der Waals surface area (Å²) in [7, 11) is 0. The zero-order valence-corrected chi connectivity index (χ0v) is 18.9. The summed E-state index contributed by atoms with van der Waals surface area (Å²) >= 11 is 0. The number of nitrogens with zero attached hydrogens (tertiary/aromatic N) is 4. The highest BCUT2D eigenvalue weighted by Crippen LogP contribution is 2.32. The van der Waals surface area contributed by atoms with Crippen LogP contribution in [-0.4, -0.2) is 51.0 Å². The summed E-state index contributed by atoms with van der Waals surface area (Å²) in [5.41, 5.74) is 1.24. The minimum absolute atomic E-state index is 0.109. The Kier molecular flexibility index (Phi) is 7.14. The van der Waals surface area contributed by atoms with Crippen LogP contribution in [0.3, 0.4) is 0 Å². The second-order valence-corrected chi connectivity index (χ2v) is 8.88. The number of nitrogens with one attached hydrogen (secondary N) is 2. The highest BCUT2D eigenvalue weighted by Gasteiger charge is 2.31. The van der Waals surface area contributed by atoms with Crippen molar-refractivity contribution in [2.75, 3.05) is 18.4 Å². The van der Waals surface area contributed by atoms with E-state index in [1.165, 1.54) is 6.42 Å². The van der Waals surface area contributed by atoms with Gasteiger partial charge in [-0.2, -0.15) is 0 Å². The third kappa shape index (κ3) is 5.51. The van der Waals surface area contributed by atoms with Gasteiger partial charge in [0.25, 0.3) is 5.91 Å². The van der Waals surface area contributed by atoms with Crippen molar-refractivity contribution in [2.24, 2.45) is 0 Å². The fourth-order valence-electron chi connectivity index (χ4n) is 4.71. The molecule has 0 aromatic carbocycles. The van der Waals surface area contributed by atoms with Crippen molar-refractivity contribution in [1.29, 1.82) is 0 Å². The molecule has 0 unspecified atom stereocenters. The van der Waals surface area contributed by atoms with E-state index in [4.69, 9.17) is 4.52 Å². The molecule has 9 nitrogen and oxygen atoms in total. The Morgan fingerprint density at radius 1 is 1.12 bits per heavy atom. The second kappa shape index (κ2) is 10.2. The molecular formula is C23H32N6O3. The largest absolute Gasteiger partial charge is 0.360 e. The van der Waals surface area contributed by atoms with Crippen LogP contribution in [0.25, 0.3) is 0 Å². The molecule has 1 atom stereocenters. The van der Waals surface area contributed by atoms with Crippen molar-refractivity contribution < 1.29 is 14.1 Å². The van der Waals surface area contributed by atoms with Gasteiger partial charge in [0.05, 0.1) is 23.8 Å². The van der Waals surface area contributed by atoms with E-state index in [1.807, 2.05) is 6.92 Å². The molecule has 1 aliphatic carbocycles. The van der Waals surface area contributed by atoms with Gasteiger partial charge >= 0.3 is 0 Å². The maximum absolute atomic E-state index is 13.2. The van der Waals surface area contributed by atoms with Gasteiger partial charge in [-0.05, 0) is 46.1 Å². The average Bonchev–Trinajstić information content (AvgIpc) is 3.19. The van der Waals surface area contributed by atoms with Crippen LogP contribution in [-0.2, 0) is 4.79 Å². The van der Waals surface area contributed by atoms with Crippen molar-refractivity contribution in [1.82, 2.24) is 25.3 Å². The predicted octanol–water partition coefficient (Wildman–Crippen LogP) is 3.31. The highest BCUT2D eigenvalue weighted by atomic mass is 16.5. The maximum atomic E-state index is 13.2. The van der Waals surface area contributed by atoms with Gasteiger partial charge < -0.3 is 15.2 Å². The average molecular weight is 441 g/mol. The van der Waals surface area contributed by atoms with Gasteiger partial charge in [-0.25, -0.2) is 9.97 Å². The first-order chi connectivity index (χ1) is 15.5. The number of hydrogen-bond donors (Lipinski definition) is 2. The number of anilines is 1. The molecule has 9 heteroatoms. The lowest BCUT2D eigenvalue weighted by atomic mass is 9.94. The number of carbonyl (C=O) groups is 2. The lowest BCUT2D eigenvalue weighted by molar-refractivity contribution is -0.118. The quantitative estimate of drug-likeness (QED) is 0.708. The Labute approximate surface area is 188 Å². The van der Waals surface area contributed by atoms with E-state index in [9.17, 15) is 9.59 Å². The van der Waals surface area contributed by atoms with Crippen molar-refractivity contribution in [3.05, 3.63) is 35.1 Å². The molecule has 2 aromatic heterocycles. The molecule has 4 rings (SSSR count).